The third kappa shape index (κ3) is 3.87. The Hall–Kier alpha value is -2.68. The first-order valence-corrected chi connectivity index (χ1v) is 9.50. The molecule has 0 aliphatic carbocycles. The standard InChI is InChI=1S/C18H21N3O5S/c1-4-26-15(24)8-21-18-16(10(2)20-21)17(27-9-14(23)19-18)11-5-6-13(25-3)12(22)7-11/h5-7,17,22H,4,8-9H2,1-3H3,(H,19,23). The summed E-state index contributed by atoms with van der Waals surface area (Å²) >= 11 is 1.43. The van der Waals surface area contributed by atoms with Crippen molar-refractivity contribution in [1.29, 1.82) is 0 Å². The van der Waals surface area contributed by atoms with Crippen LogP contribution in [0.25, 0.3) is 0 Å². The topological polar surface area (TPSA) is 103 Å². The average molecular weight is 391 g/mol. The number of hydrogen-bond donors (Lipinski definition) is 2. The van der Waals surface area contributed by atoms with Gasteiger partial charge in [0.05, 0.1) is 30.4 Å². The van der Waals surface area contributed by atoms with Crippen LogP contribution in [0.5, 0.6) is 11.5 Å². The summed E-state index contributed by atoms with van der Waals surface area (Å²) in [5.41, 5.74) is 2.32. The number of phenols is 1. The van der Waals surface area contributed by atoms with Crippen molar-refractivity contribution in [2.75, 3.05) is 24.8 Å². The third-order valence-corrected chi connectivity index (χ3v) is 5.43. The summed E-state index contributed by atoms with van der Waals surface area (Å²) in [6.07, 6.45) is 0. The molecule has 0 bridgehead atoms. The summed E-state index contributed by atoms with van der Waals surface area (Å²) in [6, 6.07) is 5.15. The Morgan fingerprint density at radius 3 is 2.93 bits per heavy atom. The molecule has 1 aliphatic rings. The van der Waals surface area contributed by atoms with E-state index >= 15 is 0 Å². The first-order chi connectivity index (χ1) is 12.9. The number of esters is 1. The van der Waals surface area contributed by atoms with Crippen molar-refractivity contribution in [3.8, 4) is 11.5 Å². The largest absolute Gasteiger partial charge is 0.504 e. The third-order valence-electron chi connectivity index (χ3n) is 4.16. The minimum Gasteiger partial charge on any atom is -0.504 e. The van der Waals surface area contributed by atoms with Crippen molar-refractivity contribution in [2.24, 2.45) is 0 Å². The van der Waals surface area contributed by atoms with Crippen molar-refractivity contribution in [3.05, 3.63) is 35.0 Å². The number of aryl methyl sites for hydroxylation is 1. The number of rotatable bonds is 5. The molecular weight excluding hydrogens is 370 g/mol. The quantitative estimate of drug-likeness (QED) is 0.754. The molecule has 1 aromatic carbocycles. The highest BCUT2D eigenvalue weighted by atomic mass is 32.2. The van der Waals surface area contributed by atoms with Crippen molar-refractivity contribution in [3.63, 3.8) is 0 Å². The minimum absolute atomic E-state index is 0.0252. The van der Waals surface area contributed by atoms with Gasteiger partial charge < -0.3 is 19.9 Å². The Labute approximate surface area is 160 Å². The fraction of sp³-hybridized carbons (Fsp3) is 0.389. The number of carbonyl (C=O) groups is 2. The normalized spacial score (nSPS) is 16.3. The van der Waals surface area contributed by atoms with Crippen LogP contribution < -0.4 is 10.1 Å². The number of carbonyl (C=O) groups excluding carboxylic acids is 2. The van der Waals surface area contributed by atoms with Gasteiger partial charge >= 0.3 is 5.97 Å². The summed E-state index contributed by atoms with van der Waals surface area (Å²) in [5.74, 6) is 0.527. The highest BCUT2D eigenvalue weighted by Crippen LogP contribution is 2.44. The lowest BCUT2D eigenvalue weighted by molar-refractivity contribution is -0.144. The Morgan fingerprint density at radius 2 is 2.26 bits per heavy atom. The van der Waals surface area contributed by atoms with Gasteiger partial charge in [0, 0.05) is 5.56 Å². The van der Waals surface area contributed by atoms with Gasteiger partial charge in [-0.1, -0.05) is 6.07 Å². The van der Waals surface area contributed by atoms with E-state index in [1.54, 1.807) is 19.1 Å². The van der Waals surface area contributed by atoms with Gasteiger partial charge in [0.1, 0.15) is 12.4 Å². The Balaban J connectivity index is 2.04. The lowest BCUT2D eigenvalue weighted by atomic mass is 10.0. The number of phenolic OH excluding ortho intramolecular Hbond substituents is 1. The molecule has 0 fully saturated rings. The van der Waals surface area contributed by atoms with Gasteiger partial charge in [-0.15, -0.1) is 11.8 Å². The molecule has 1 aromatic heterocycles. The van der Waals surface area contributed by atoms with Gasteiger partial charge in [-0.05, 0) is 31.5 Å². The second-order valence-electron chi connectivity index (χ2n) is 5.98. The van der Waals surface area contributed by atoms with E-state index in [1.807, 2.05) is 13.0 Å². The van der Waals surface area contributed by atoms with E-state index < -0.39 is 5.97 Å². The average Bonchev–Trinajstić information content (AvgIpc) is 2.80. The van der Waals surface area contributed by atoms with E-state index in [0.29, 0.717) is 17.3 Å². The molecular formula is C18H21N3O5S. The number of anilines is 1. The van der Waals surface area contributed by atoms with E-state index in [0.717, 1.165) is 11.1 Å². The van der Waals surface area contributed by atoms with Crippen LogP contribution in [0.1, 0.15) is 29.0 Å². The SMILES string of the molecule is CCOC(=O)Cn1nc(C)c2c1NC(=O)CSC2c1ccc(OC)c(O)c1. The molecule has 0 spiro atoms. The van der Waals surface area contributed by atoms with Crippen LogP contribution in [-0.2, 0) is 20.9 Å². The number of thioether (sulfide) groups is 1. The van der Waals surface area contributed by atoms with Crippen LogP contribution in [-0.4, -0.2) is 46.2 Å². The molecule has 0 saturated heterocycles. The second-order valence-corrected chi connectivity index (χ2v) is 7.07. The Bertz CT molecular complexity index is 880. The van der Waals surface area contributed by atoms with Crippen LogP contribution in [0.4, 0.5) is 5.82 Å². The lowest BCUT2D eigenvalue weighted by Gasteiger charge is -2.16. The first-order valence-electron chi connectivity index (χ1n) is 8.45. The Kier molecular flexibility index (Phi) is 5.59. The highest BCUT2D eigenvalue weighted by Gasteiger charge is 2.31. The molecule has 9 heteroatoms. The zero-order valence-corrected chi connectivity index (χ0v) is 16.1. The van der Waals surface area contributed by atoms with Crippen LogP contribution in [0.2, 0.25) is 0 Å². The summed E-state index contributed by atoms with van der Waals surface area (Å²) in [7, 11) is 1.49. The van der Waals surface area contributed by atoms with E-state index in [1.165, 1.54) is 23.6 Å². The molecule has 1 amide bonds. The maximum Gasteiger partial charge on any atom is 0.327 e. The summed E-state index contributed by atoms with van der Waals surface area (Å²) in [6.45, 7) is 3.75. The van der Waals surface area contributed by atoms with Gasteiger partial charge in [-0.2, -0.15) is 5.10 Å². The van der Waals surface area contributed by atoms with Crippen LogP contribution in [0, 0.1) is 6.92 Å². The molecule has 8 nitrogen and oxygen atoms in total. The second kappa shape index (κ2) is 7.91. The maximum atomic E-state index is 12.2. The molecule has 1 unspecified atom stereocenters. The molecule has 27 heavy (non-hydrogen) atoms. The molecule has 1 atom stereocenters. The van der Waals surface area contributed by atoms with E-state index in [2.05, 4.69) is 10.4 Å². The first kappa shape index (κ1) is 19.1. The molecule has 1 aliphatic heterocycles. The molecule has 2 N–H and O–H groups in total. The predicted molar refractivity (Wildman–Crippen MR) is 101 cm³/mol. The zero-order chi connectivity index (χ0) is 19.6. The number of hydrogen-bond acceptors (Lipinski definition) is 7. The number of nitrogens with zero attached hydrogens (tertiary/aromatic N) is 2. The zero-order valence-electron chi connectivity index (χ0n) is 15.3. The van der Waals surface area contributed by atoms with Crippen molar-refractivity contribution in [2.45, 2.75) is 25.6 Å². The summed E-state index contributed by atoms with van der Waals surface area (Å²) < 4.78 is 11.6. The van der Waals surface area contributed by atoms with Gasteiger partial charge in [0.15, 0.2) is 11.5 Å². The minimum atomic E-state index is -0.424. The van der Waals surface area contributed by atoms with Gasteiger partial charge in [0.25, 0.3) is 0 Å². The monoisotopic (exact) mass is 391 g/mol. The number of methoxy groups -OCH3 is 1. The van der Waals surface area contributed by atoms with Crippen LogP contribution in [0.3, 0.4) is 0 Å². The number of aromatic hydroxyl groups is 1. The lowest BCUT2D eigenvalue weighted by Crippen LogP contribution is -2.20. The van der Waals surface area contributed by atoms with Crippen LogP contribution >= 0.6 is 11.8 Å². The summed E-state index contributed by atoms with van der Waals surface area (Å²) in [4.78, 5) is 24.1. The fourth-order valence-electron chi connectivity index (χ4n) is 3.03. The number of aromatic nitrogens is 2. The smallest absolute Gasteiger partial charge is 0.327 e. The molecule has 2 aromatic rings. The molecule has 0 saturated carbocycles. The van der Waals surface area contributed by atoms with E-state index in [4.69, 9.17) is 9.47 Å². The van der Waals surface area contributed by atoms with Crippen molar-refractivity contribution in [1.82, 2.24) is 9.78 Å². The molecule has 3 rings (SSSR count). The van der Waals surface area contributed by atoms with E-state index in [-0.39, 0.29) is 35.8 Å². The number of ether oxygens (including phenoxy) is 2. The number of fused-ring (bicyclic) bond motifs is 1. The number of benzene rings is 1. The van der Waals surface area contributed by atoms with Crippen molar-refractivity contribution >= 4 is 29.5 Å². The summed E-state index contributed by atoms with van der Waals surface area (Å²) in [5, 5.41) is 17.2. The predicted octanol–water partition coefficient (Wildman–Crippen LogP) is 2.24. The number of amides is 1. The fourth-order valence-corrected chi connectivity index (χ4v) is 4.21. The van der Waals surface area contributed by atoms with Gasteiger partial charge in [0.2, 0.25) is 5.91 Å². The van der Waals surface area contributed by atoms with Crippen molar-refractivity contribution < 1.29 is 24.2 Å². The van der Waals surface area contributed by atoms with Gasteiger partial charge in [-0.25, -0.2) is 4.68 Å². The van der Waals surface area contributed by atoms with Crippen LogP contribution in [0.15, 0.2) is 18.2 Å². The highest BCUT2D eigenvalue weighted by molar-refractivity contribution is 8.00. The van der Waals surface area contributed by atoms with Gasteiger partial charge in [-0.3, -0.25) is 9.59 Å². The van der Waals surface area contributed by atoms with E-state index in [9.17, 15) is 14.7 Å². The maximum absolute atomic E-state index is 12.2. The molecule has 2 heterocycles. The molecule has 0 radical (unpaired) electrons. The number of nitrogens with one attached hydrogen (secondary N) is 1. The Morgan fingerprint density at radius 1 is 1.48 bits per heavy atom. The molecule has 144 valence electrons.